The summed E-state index contributed by atoms with van der Waals surface area (Å²) in [5.74, 6) is -0.890. The summed E-state index contributed by atoms with van der Waals surface area (Å²) in [5.41, 5.74) is 2.49. The van der Waals surface area contributed by atoms with Crippen molar-refractivity contribution in [3.63, 3.8) is 0 Å². The van der Waals surface area contributed by atoms with Gasteiger partial charge in [0.05, 0.1) is 7.11 Å². The average Bonchev–Trinajstić information content (AvgIpc) is 2.74. The largest absolute Gasteiger partial charge is 0.497 e. The Bertz CT molecular complexity index is 904. The predicted molar refractivity (Wildman–Crippen MR) is 115 cm³/mol. The summed E-state index contributed by atoms with van der Waals surface area (Å²) in [7, 11) is 1.58. The van der Waals surface area contributed by atoms with Gasteiger partial charge >= 0.3 is 5.97 Å². The van der Waals surface area contributed by atoms with E-state index in [0.717, 1.165) is 11.1 Å². The van der Waals surface area contributed by atoms with Crippen LogP contribution in [0.5, 0.6) is 5.75 Å². The molecule has 158 valence electrons. The summed E-state index contributed by atoms with van der Waals surface area (Å²) in [6, 6.07) is 13.5. The fraction of sp³-hybridized carbons (Fsp3) is 0.261. The Balaban J connectivity index is 1.82. The van der Waals surface area contributed by atoms with Crippen molar-refractivity contribution in [3.8, 4) is 5.75 Å². The van der Waals surface area contributed by atoms with Crippen molar-refractivity contribution in [1.29, 1.82) is 0 Å². The van der Waals surface area contributed by atoms with Gasteiger partial charge in [0.1, 0.15) is 11.8 Å². The van der Waals surface area contributed by atoms with E-state index in [1.807, 2.05) is 19.1 Å². The topological polar surface area (TPSA) is 93.7 Å². The molecule has 2 atom stereocenters. The van der Waals surface area contributed by atoms with Crippen LogP contribution in [0.15, 0.2) is 54.6 Å². The van der Waals surface area contributed by atoms with Gasteiger partial charge in [-0.2, -0.15) is 0 Å². The number of methoxy groups -OCH3 is 1. The molecule has 0 heterocycles. The van der Waals surface area contributed by atoms with E-state index in [1.165, 1.54) is 19.9 Å². The Kier molecular flexibility index (Phi) is 8.17. The predicted octanol–water partition coefficient (Wildman–Crippen LogP) is 3.09. The van der Waals surface area contributed by atoms with Gasteiger partial charge in [0.2, 0.25) is 5.91 Å². The van der Waals surface area contributed by atoms with E-state index in [-0.39, 0.29) is 0 Å². The standard InChI is InChI=1S/C23H26N2O5/c1-15-5-10-19(11-6-15)25-22(27)17(3)30-23(28)16(2)24-21(26)14-9-18-7-12-20(29-4)13-8-18/h5-14,16-17H,1-4H3,(H,24,26)(H,25,27)/b14-9+/t16-,17-/m0/s1. The van der Waals surface area contributed by atoms with Gasteiger partial charge in [-0.05, 0) is 56.7 Å². The fourth-order valence-corrected chi connectivity index (χ4v) is 2.42. The maximum absolute atomic E-state index is 12.2. The molecule has 0 fully saturated rings. The van der Waals surface area contributed by atoms with Gasteiger partial charge in [-0.1, -0.05) is 29.8 Å². The highest BCUT2D eigenvalue weighted by atomic mass is 16.5. The van der Waals surface area contributed by atoms with Crippen molar-refractivity contribution in [2.45, 2.75) is 32.9 Å². The minimum Gasteiger partial charge on any atom is -0.497 e. The van der Waals surface area contributed by atoms with Crippen LogP contribution >= 0.6 is 0 Å². The lowest BCUT2D eigenvalue weighted by Gasteiger charge is -2.17. The van der Waals surface area contributed by atoms with E-state index >= 15 is 0 Å². The van der Waals surface area contributed by atoms with Crippen molar-refractivity contribution in [2.24, 2.45) is 0 Å². The number of nitrogens with one attached hydrogen (secondary N) is 2. The van der Waals surface area contributed by atoms with E-state index < -0.39 is 29.9 Å². The number of rotatable bonds is 8. The van der Waals surface area contributed by atoms with Gasteiger partial charge in [-0.15, -0.1) is 0 Å². The molecule has 0 unspecified atom stereocenters. The van der Waals surface area contributed by atoms with Crippen LogP contribution in [0.25, 0.3) is 6.08 Å². The van der Waals surface area contributed by atoms with Crippen LogP contribution in [0.1, 0.15) is 25.0 Å². The molecule has 2 rings (SSSR count). The monoisotopic (exact) mass is 410 g/mol. The van der Waals surface area contributed by atoms with Crippen LogP contribution < -0.4 is 15.4 Å². The van der Waals surface area contributed by atoms with Crippen LogP contribution in [0, 0.1) is 6.92 Å². The third-order valence-corrected chi connectivity index (χ3v) is 4.24. The molecule has 0 saturated heterocycles. The second-order valence-corrected chi connectivity index (χ2v) is 6.77. The number of aryl methyl sites for hydroxylation is 1. The third kappa shape index (κ3) is 7.09. The lowest BCUT2D eigenvalue weighted by molar-refractivity contribution is -0.155. The van der Waals surface area contributed by atoms with Crippen molar-refractivity contribution in [2.75, 3.05) is 12.4 Å². The van der Waals surface area contributed by atoms with Gasteiger partial charge in [-0.25, -0.2) is 4.79 Å². The molecule has 0 aliphatic heterocycles. The first kappa shape index (κ1) is 22.7. The van der Waals surface area contributed by atoms with Crippen LogP contribution in [0.2, 0.25) is 0 Å². The molecule has 2 aromatic carbocycles. The number of hydrogen-bond donors (Lipinski definition) is 2. The molecule has 2 N–H and O–H groups in total. The number of carbonyl (C=O) groups is 3. The van der Waals surface area contributed by atoms with Gasteiger partial charge in [0, 0.05) is 11.8 Å². The van der Waals surface area contributed by atoms with Gasteiger partial charge in [0.15, 0.2) is 6.10 Å². The van der Waals surface area contributed by atoms with Crippen molar-refractivity contribution in [1.82, 2.24) is 5.32 Å². The van der Waals surface area contributed by atoms with E-state index in [2.05, 4.69) is 10.6 Å². The highest BCUT2D eigenvalue weighted by molar-refractivity contribution is 5.97. The zero-order valence-corrected chi connectivity index (χ0v) is 17.5. The zero-order chi connectivity index (χ0) is 22.1. The molecule has 0 aromatic heterocycles. The molecule has 0 aliphatic rings. The molecule has 2 amide bonds. The number of amides is 2. The lowest BCUT2D eigenvalue weighted by atomic mass is 10.2. The maximum Gasteiger partial charge on any atom is 0.329 e. The average molecular weight is 410 g/mol. The van der Waals surface area contributed by atoms with E-state index in [0.29, 0.717) is 11.4 Å². The zero-order valence-electron chi connectivity index (χ0n) is 17.5. The number of esters is 1. The van der Waals surface area contributed by atoms with Crippen LogP contribution in [-0.4, -0.2) is 37.0 Å². The molecule has 0 aliphatic carbocycles. The number of benzene rings is 2. The first-order valence-electron chi connectivity index (χ1n) is 9.49. The summed E-state index contributed by atoms with van der Waals surface area (Å²) in [6.07, 6.45) is 1.93. The molecular formula is C23H26N2O5. The van der Waals surface area contributed by atoms with Crippen molar-refractivity contribution < 1.29 is 23.9 Å². The second-order valence-electron chi connectivity index (χ2n) is 6.77. The Hall–Kier alpha value is -3.61. The Labute approximate surface area is 176 Å². The summed E-state index contributed by atoms with van der Waals surface area (Å²) >= 11 is 0. The molecule has 7 nitrogen and oxygen atoms in total. The Morgan fingerprint density at radius 3 is 2.20 bits per heavy atom. The maximum atomic E-state index is 12.2. The smallest absolute Gasteiger partial charge is 0.329 e. The van der Waals surface area contributed by atoms with Crippen LogP contribution in [-0.2, 0) is 19.1 Å². The number of anilines is 1. The summed E-state index contributed by atoms with van der Waals surface area (Å²) < 4.78 is 10.2. The summed E-state index contributed by atoms with van der Waals surface area (Å²) in [4.78, 5) is 36.4. The molecule has 0 spiro atoms. The minimum absolute atomic E-state index is 0.452. The van der Waals surface area contributed by atoms with E-state index in [1.54, 1.807) is 49.6 Å². The molecule has 0 bridgehead atoms. The highest BCUT2D eigenvalue weighted by Gasteiger charge is 2.22. The highest BCUT2D eigenvalue weighted by Crippen LogP contribution is 2.12. The first-order valence-corrected chi connectivity index (χ1v) is 9.49. The van der Waals surface area contributed by atoms with Gasteiger partial charge < -0.3 is 20.1 Å². The number of hydrogen-bond acceptors (Lipinski definition) is 5. The Morgan fingerprint density at radius 2 is 1.60 bits per heavy atom. The van der Waals surface area contributed by atoms with Crippen LogP contribution in [0.3, 0.4) is 0 Å². The molecular weight excluding hydrogens is 384 g/mol. The molecule has 0 saturated carbocycles. The fourth-order valence-electron chi connectivity index (χ4n) is 2.42. The normalized spacial score (nSPS) is 12.7. The lowest BCUT2D eigenvalue weighted by Crippen LogP contribution is -2.41. The number of carbonyl (C=O) groups excluding carboxylic acids is 3. The second kappa shape index (κ2) is 10.8. The third-order valence-electron chi connectivity index (χ3n) is 4.24. The van der Waals surface area contributed by atoms with E-state index in [9.17, 15) is 14.4 Å². The number of ether oxygens (including phenoxy) is 2. The first-order chi connectivity index (χ1) is 14.3. The molecule has 2 aromatic rings. The van der Waals surface area contributed by atoms with Crippen LogP contribution in [0.4, 0.5) is 5.69 Å². The molecule has 30 heavy (non-hydrogen) atoms. The van der Waals surface area contributed by atoms with Crippen molar-refractivity contribution >= 4 is 29.5 Å². The molecule has 0 radical (unpaired) electrons. The minimum atomic E-state index is -1.01. The van der Waals surface area contributed by atoms with E-state index in [4.69, 9.17) is 9.47 Å². The van der Waals surface area contributed by atoms with Crippen molar-refractivity contribution in [3.05, 3.63) is 65.7 Å². The Morgan fingerprint density at radius 1 is 0.967 bits per heavy atom. The summed E-state index contributed by atoms with van der Waals surface area (Å²) in [5, 5.41) is 5.19. The van der Waals surface area contributed by atoms with Gasteiger partial charge in [0.25, 0.3) is 5.91 Å². The SMILES string of the molecule is COc1ccc(/C=C/C(=O)N[C@@H](C)C(=O)O[C@@H](C)C(=O)Nc2ccc(C)cc2)cc1. The van der Waals surface area contributed by atoms with Gasteiger partial charge in [-0.3, -0.25) is 9.59 Å². The summed E-state index contributed by atoms with van der Waals surface area (Å²) in [6.45, 7) is 4.91. The quantitative estimate of drug-likeness (QED) is 0.515. The molecule has 7 heteroatoms.